The van der Waals surface area contributed by atoms with E-state index in [1.54, 1.807) is 0 Å². The van der Waals surface area contributed by atoms with E-state index >= 15 is 0 Å². The molecular weight excluding hydrogens is 242 g/mol. The summed E-state index contributed by atoms with van der Waals surface area (Å²) in [5, 5.41) is 0. The molecule has 0 spiro atoms. The van der Waals surface area contributed by atoms with Crippen molar-refractivity contribution in [1.82, 2.24) is 0 Å². The average Bonchev–Trinajstić information content (AvgIpc) is 2.91. The molecule has 1 fully saturated rings. The van der Waals surface area contributed by atoms with Gasteiger partial charge in [-0.1, -0.05) is 72.6 Å². The molecule has 0 heterocycles. The van der Waals surface area contributed by atoms with Crippen LogP contribution in [0, 0.1) is 17.3 Å². The molecule has 0 bridgehead atoms. The second-order valence-corrected chi connectivity index (χ2v) is 8.16. The van der Waals surface area contributed by atoms with Gasteiger partial charge in [-0.3, -0.25) is 0 Å². The SMILES string of the molecule is CCC(N)CCCCCC(C)(C)CC(C)C1CCCC1. The maximum atomic E-state index is 5.98. The summed E-state index contributed by atoms with van der Waals surface area (Å²) >= 11 is 0. The zero-order chi connectivity index (χ0) is 15.0. The Morgan fingerprint density at radius 1 is 1.10 bits per heavy atom. The summed E-state index contributed by atoms with van der Waals surface area (Å²) in [5.41, 5.74) is 6.51. The largest absolute Gasteiger partial charge is 0.328 e. The van der Waals surface area contributed by atoms with Crippen LogP contribution >= 0.6 is 0 Å². The molecule has 2 atom stereocenters. The average molecular weight is 282 g/mol. The number of rotatable bonds is 10. The van der Waals surface area contributed by atoms with Crippen LogP contribution in [0.25, 0.3) is 0 Å². The van der Waals surface area contributed by atoms with E-state index in [-0.39, 0.29) is 0 Å². The molecule has 20 heavy (non-hydrogen) atoms. The Morgan fingerprint density at radius 2 is 1.75 bits per heavy atom. The van der Waals surface area contributed by atoms with Crippen molar-refractivity contribution in [3.8, 4) is 0 Å². The van der Waals surface area contributed by atoms with Gasteiger partial charge < -0.3 is 5.73 Å². The molecule has 0 amide bonds. The zero-order valence-electron chi connectivity index (χ0n) is 14.6. The third-order valence-electron chi connectivity index (χ3n) is 5.53. The molecule has 1 aliphatic rings. The third kappa shape index (κ3) is 7.11. The molecule has 0 saturated heterocycles. The molecule has 2 unspecified atom stereocenters. The van der Waals surface area contributed by atoms with Crippen molar-refractivity contribution in [3.63, 3.8) is 0 Å². The van der Waals surface area contributed by atoms with Gasteiger partial charge in [0.1, 0.15) is 0 Å². The first-order chi connectivity index (χ1) is 9.44. The molecule has 1 heteroatoms. The van der Waals surface area contributed by atoms with E-state index in [1.807, 2.05) is 0 Å². The van der Waals surface area contributed by atoms with Crippen molar-refractivity contribution in [2.45, 2.75) is 104 Å². The molecule has 1 saturated carbocycles. The molecule has 0 radical (unpaired) electrons. The fraction of sp³-hybridized carbons (Fsp3) is 1.00. The standard InChI is InChI=1S/C19H39N/c1-5-18(20)13-7-6-10-14-19(3,4)15-16(2)17-11-8-9-12-17/h16-18H,5-15,20H2,1-4H3. The van der Waals surface area contributed by atoms with E-state index < -0.39 is 0 Å². The Hall–Kier alpha value is -0.0400. The Balaban J connectivity index is 2.13. The van der Waals surface area contributed by atoms with Crippen LogP contribution < -0.4 is 5.73 Å². The Bertz CT molecular complexity index is 240. The lowest BCUT2D eigenvalue weighted by atomic mass is 9.75. The van der Waals surface area contributed by atoms with Crippen molar-refractivity contribution in [2.24, 2.45) is 23.0 Å². The van der Waals surface area contributed by atoms with Gasteiger partial charge in [-0.15, -0.1) is 0 Å². The highest BCUT2D eigenvalue weighted by Gasteiger charge is 2.27. The zero-order valence-corrected chi connectivity index (χ0v) is 14.6. The number of hydrogen-bond acceptors (Lipinski definition) is 1. The summed E-state index contributed by atoms with van der Waals surface area (Å²) in [6, 6.07) is 0.436. The Morgan fingerprint density at radius 3 is 2.35 bits per heavy atom. The third-order valence-corrected chi connectivity index (χ3v) is 5.53. The molecule has 1 rings (SSSR count). The van der Waals surface area contributed by atoms with Crippen LogP contribution in [-0.4, -0.2) is 6.04 Å². The van der Waals surface area contributed by atoms with Gasteiger partial charge in [0.2, 0.25) is 0 Å². The monoisotopic (exact) mass is 281 g/mol. The smallest absolute Gasteiger partial charge is 0.00362 e. The molecule has 1 nitrogen and oxygen atoms in total. The van der Waals surface area contributed by atoms with E-state index in [9.17, 15) is 0 Å². The molecule has 120 valence electrons. The second kappa shape index (κ2) is 9.07. The van der Waals surface area contributed by atoms with Gasteiger partial charge in [0.25, 0.3) is 0 Å². The Kier molecular flexibility index (Phi) is 8.17. The van der Waals surface area contributed by atoms with Gasteiger partial charge >= 0.3 is 0 Å². The fourth-order valence-corrected chi connectivity index (χ4v) is 4.06. The number of unbranched alkanes of at least 4 members (excludes halogenated alkanes) is 2. The first kappa shape index (κ1) is 18.0. The van der Waals surface area contributed by atoms with Crippen LogP contribution in [0.4, 0.5) is 0 Å². The van der Waals surface area contributed by atoms with E-state index in [4.69, 9.17) is 5.73 Å². The van der Waals surface area contributed by atoms with Crippen LogP contribution in [0.1, 0.15) is 98.3 Å². The highest BCUT2D eigenvalue weighted by Crippen LogP contribution is 2.39. The molecule has 0 aromatic rings. The molecular formula is C19H39N. The van der Waals surface area contributed by atoms with Gasteiger partial charge in [0.15, 0.2) is 0 Å². The quantitative estimate of drug-likeness (QED) is 0.494. The van der Waals surface area contributed by atoms with Crippen molar-refractivity contribution in [2.75, 3.05) is 0 Å². The van der Waals surface area contributed by atoms with Crippen molar-refractivity contribution >= 4 is 0 Å². The first-order valence-corrected chi connectivity index (χ1v) is 9.20. The topological polar surface area (TPSA) is 26.0 Å². The summed E-state index contributed by atoms with van der Waals surface area (Å²) in [6.07, 6.45) is 15.2. The highest BCUT2D eigenvalue weighted by molar-refractivity contribution is 4.79. The van der Waals surface area contributed by atoms with E-state index in [0.717, 1.165) is 18.3 Å². The van der Waals surface area contributed by atoms with Gasteiger partial charge in [-0.05, 0) is 42.9 Å². The second-order valence-electron chi connectivity index (χ2n) is 8.16. The summed E-state index contributed by atoms with van der Waals surface area (Å²) in [5.74, 6) is 1.96. The lowest BCUT2D eigenvalue weighted by Gasteiger charge is -2.31. The minimum Gasteiger partial charge on any atom is -0.328 e. The molecule has 1 aliphatic carbocycles. The van der Waals surface area contributed by atoms with E-state index in [2.05, 4.69) is 27.7 Å². The lowest BCUT2D eigenvalue weighted by molar-refractivity contribution is 0.204. The van der Waals surface area contributed by atoms with Gasteiger partial charge in [-0.25, -0.2) is 0 Å². The Labute approximate surface area is 128 Å². The van der Waals surface area contributed by atoms with Gasteiger partial charge in [-0.2, -0.15) is 0 Å². The molecule has 2 N–H and O–H groups in total. The predicted molar refractivity (Wildman–Crippen MR) is 90.9 cm³/mol. The van der Waals surface area contributed by atoms with E-state index in [0.29, 0.717) is 11.5 Å². The summed E-state index contributed by atoms with van der Waals surface area (Å²) in [4.78, 5) is 0. The predicted octanol–water partition coefficient (Wildman–Crippen LogP) is 5.92. The van der Waals surface area contributed by atoms with Crippen LogP contribution in [0.2, 0.25) is 0 Å². The van der Waals surface area contributed by atoms with Crippen molar-refractivity contribution in [3.05, 3.63) is 0 Å². The minimum atomic E-state index is 0.436. The van der Waals surface area contributed by atoms with Gasteiger partial charge in [0, 0.05) is 6.04 Å². The molecule has 0 aromatic carbocycles. The normalized spacial score (nSPS) is 20.2. The molecule has 0 aliphatic heterocycles. The van der Waals surface area contributed by atoms with Crippen molar-refractivity contribution < 1.29 is 0 Å². The summed E-state index contributed by atoms with van der Waals surface area (Å²) in [6.45, 7) is 9.66. The maximum absolute atomic E-state index is 5.98. The fourth-order valence-electron chi connectivity index (χ4n) is 4.06. The molecule has 0 aromatic heterocycles. The number of hydrogen-bond donors (Lipinski definition) is 1. The summed E-state index contributed by atoms with van der Waals surface area (Å²) < 4.78 is 0. The van der Waals surface area contributed by atoms with Crippen molar-refractivity contribution in [1.29, 1.82) is 0 Å². The summed E-state index contributed by atoms with van der Waals surface area (Å²) in [7, 11) is 0. The lowest BCUT2D eigenvalue weighted by Crippen LogP contribution is -2.20. The van der Waals surface area contributed by atoms with Crippen LogP contribution in [0.3, 0.4) is 0 Å². The van der Waals surface area contributed by atoms with Gasteiger partial charge in [0.05, 0.1) is 0 Å². The minimum absolute atomic E-state index is 0.436. The maximum Gasteiger partial charge on any atom is 0.00362 e. The van der Waals surface area contributed by atoms with Crippen LogP contribution in [-0.2, 0) is 0 Å². The van der Waals surface area contributed by atoms with Crippen LogP contribution in [0.15, 0.2) is 0 Å². The van der Waals surface area contributed by atoms with Crippen LogP contribution in [0.5, 0.6) is 0 Å². The first-order valence-electron chi connectivity index (χ1n) is 9.20. The van der Waals surface area contributed by atoms with E-state index in [1.165, 1.54) is 64.2 Å². The highest BCUT2D eigenvalue weighted by atomic mass is 14.6. The number of nitrogens with two attached hydrogens (primary N) is 1.